The first kappa shape index (κ1) is 26.8. The van der Waals surface area contributed by atoms with Crippen molar-refractivity contribution < 1.29 is 37.0 Å². The van der Waals surface area contributed by atoms with Crippen LogP contribution in [0, 0.1) is 6.92 Å². The predicted molar refractivity (Wildman–Crippen MR) is 140 cm³/mol. The normalized spacial score (nSPS) is 14.6. The molecule has 1 heterocycles. The molecule has 1 atom stereocenters. The number of ether oxygens (including phenoxy) is 4. The number of amides is 1. The number of benzene rings is 3. The summed E-state index contributed by atoms with van der Waals surface area (Å²) in [4.78, 5) is 27.3. The number of carbonyl (C=O) groups is 2. The van der Waals surface area contributed by atoms with E-state index in [2.05, 4.69) is 0 Å². The third kappa shape index (κ3) is 5.23. The molecule has 0 N–H and O–H groups in total. The van der Waals surface area contributed by atoms with Gasteiger partial charge in [0.1, 0.15) is 28.7 Å². The van der Waals surface area contributed by atoms with Gasteiger partial charge in [0, 0.05) is 0 Å². The van der Waals surface area contributed by atoms with Crippen molar-refractivity contribution in [2.75, 3.05) is 43.6 Å². The maximum atomic E-state index is 14.0. The molecule has 11 heteroatoms. The van der Waals surface area contributed by atoms with Crippen LogP contribution >= 0.6 is 0 Å². The second kappa shape index (κ2) is 11.0. The van der Waals surface area contributed by atoms with Crippen LogP contribution in [0.15, 0.2) is 71.6 Å². The lowest BCUT2D eigenvalue weighted by molar-refractivity contribution is -0.148. The Morgan fingerprint density at radius 1 is 1.00 bits per heavy atom. The van der Waals surface area contributed by atoms with Gasteiger partial charge < -0.3 is 23.8 Å². The number of methoxy groups -OCH3 is 3. The summed E-state index contributed by atoms with van der Waals surface area (Å²) in [5.74, 6) is -0.249. The Morgan fingerprint density at radius 2 is 1.71 bits per heavy atom. The summed E-state index contributed by atoms with van der Waals surface area (Å²) in [5, 5.41) is 0. The SMILES string of the molecule is COC(=O)[C@H]1CN(C(=O)CN(c2ccc(OC)cc2)S(=O)(=O)c2cc(C)ccc2OC)c2ccccc2O1. The Bertz CT molecular complexity index is 1440. The Labute approximate surface area is 221 Å². The van der Waals surface area contributed by atoms with E-state index in [4.69, 9.17) is 18.9 Å². The first-order valence-electron chi connectivity index (χ1n) is 11.6. The molecule has 0 aromatic heterocycles. The van der Waals surface area contributed by atoms with Crippen LogP contribution in [0.2, 0.25) is 0 Å². The molecule has 0 radical (unpaired) electrons. The lowest BCUT2D eigenvalue weighted by Gasteiger charge is -2.35. The van der Waals surface area contributed by atoms with Crippen LogP contribution in [0.3, 0.4) is 0 Å². The van der Waals surface area contributed by atoms with Gasteiger partial charge in [-0.2, -0.15) is 0 Å². The number of sulfonamides is 1. The molecule has 1 aliphatic heterocycles. The third-order valence-electron chi connectivity index (χ3n) is 6.07. The molecular formula is C27H28N2O8S. The summed E-state index contributed by atoms with van der Waals surface area (Å²) in [6.07, 6.45) is -1.07. The van der Waals surface area contributed by atoms with Crippen LogP contribution in [-0.4, -0.2) is 60.8 Å². The molecule has 0 unspecified atom stereocenters. The highest BCUT2D eigenvalue weighted by molar-refractivity contribution is 7.93. The minimum absolute atomic E-state index is 0.0848. The smallest absolute Gasteiger partial charge is 0.348 e. The summed E-state index contributed by atoms with van der Waals surface area (Å²) < 4.78 is 50.2. The van der Waals surface area contributed by atoms with Crippen LogP contribution in [0.1, 0.15) is 5.56 Å². The number of rotatable bonds is 8. The average Bonchev–Trinajstić information content (AvgIpc) is 2.94. The van der Waals surface area contributed by atoms with Gasteiger partial charge in [-0.25, -0.2) is 13.2 Å². The standard InChI is InChI=1S/C27H28N2O8S/c1-18-9-14-23(35-3)25(15-18)38(32,33)29(19-10-12-20(34-2)13-11-19)17-26(30)28-16-24(27(31)36-4)37-22-8-6-5-7-21(22)28/h5-15,24H,16-17H2,1-4H3/t24-/m1/s1. The molecule has 0 fully saturated rings. The highest BCUT2D eigenvalue weighted by atomic mass is 32.2. The fraction of sp³-hybridized carbons (Fsp3) is 0.259. The van der Waals surface area contributed by atoms with Gasteiger partial charge in [0.25, 0.3) is 10.0 Å². The number of carbonyl (C=O) groups excluding carboxylic acids is 2. The lowest BCUT2D eigenvalue weighted by Crippen LogP contribution is -2.51. The molecule has 0 aliphatic carbocycles. The number of hydrogen-bond donors (Lipinski definition) is 0. The molecule has 0 spiro atoms. The third-order valence-corrected chi connectivity index (χ3v) is 7.86. The second-order valence-electron chi connectivity index (χ2n) is 8.47. The highest BCUT2D eigenvalue weighted by Gasteiger charge is 2.37. The summed E-state index contributed by atoms with van der Waals surface area (Å²) in [6, 6.07) is 17.8. The van der Waals surface area contributed by atoms with Crippen LogP contribution in [-0.2, 0) is 24.3 Å². The summed E-state index contributed by atoms with van der Waals surface area (Å²) in [7, 11) is -0.182. The Morgan fingerprint density at radius 3 is 2.37 bits per heavy atom. The zero-order valence-electron chi connectivity index (χ0n) is 21.4. The fourth-order valence-corrected chi connectivity index (χ4v) is 5.76. The average molecular weight is 541 g/mol. The number of esters is 1. The van der Waals surface area contributed by atoms with Crippen molar-refractivity contribution in [3.05, 3.63) is 72.3 Å². The molecule has 0 saturated heterocycles. The van der Waals surface area contributed by atoms with Crippen molar-refractivity contribution in [3.8, 4) is 17.2 Å². The molecule has 3 aromatic rings. The monoisotopic (exact) mass is 540 g/mol. The van der Waals surface area contributed by atoms with Gasteiger partial charge in [0.2, 0.25) is 12.0 Å². The Hall–Kier alpha value is -4.25. The maximum Gasteiger partial charge on any atom is 0.348 e. The molecule has 38 heavy (non-hydrogen) atoms. The largest absolute Gasteiger partial charge is 0.497 e. The Kier molecular flexibility index (Phi) is 7.77. The van der Waals surface area contributed by atoms with E-state index in [1.54, 1.807) is 67.6 Å². The van der Waals surface area contributed by atoms with Gasteiger partial charge in [-0.3, -0.25) is 9.10 Å². The number of para-hydroxylation sites is 2. The van der Waals surface area contributed by atoms with E-state index in [-0.39, 0.29) is 22.9 Å². The first-order valence-corrected chi connectivity index (χ1v) is 13.1. The Balaban J connectivity index is 1.78. The van der Waals surface area contributed by atoms with E-state index < -0.39 is 34.5 Å². The van der Waals surface area contributed by atoms with Crippen LogP contribution in [0.25, 0.3) is 0 Å². The van der Waals surface area contributed by atoms with Crippen molar-refractivity contribution in [2.24, 2.45) is 0 Å². The van der Waals surface area contributed by atoms with Crippen LogP contribution in [0.4, 0.5) is 11.4 Å². The van der Waals surface area contributed by atoms with E-state index in [0.717, 1.165) is 4.31 Å². The molecule has 0 bridgehead atoms. The summed E-state index contributed by atoms with van der Waals surface area (Å²) >= 11 is 0. The van der Waals surface area contributed by atoms with E-state index >= 15 is 0 Å². The molecule has 200 valence electrons. The zero-order chi connectivity index (χ0) is 27.4. The number of fused-ring (bicyclic) bond motifs is 1. The topological polar surface area (TPSA) is 112 Å². The van der Waals surface area contributed by atoms with E-state index in [0.29, 0.717) is 22.7 Å². The molecule has 10 nitrogen and oxygen atoms in total. The van der Waals surface area contributed by atoms with Gasteiger partial charge in [0.15, 0.2) is 0 Å². The van der Waals surface area contributed by atoms with Gasteiger partial charge >= 0.3 is 5.97 Å². The van der Waals surface area contributed by atoms with Crippen LogP contribution < -0.4 is 23.4 Å². The fourth-order valence-electron chi connectivity index (χ4n) is 4.10. The number of hydrogen-bond acceptors (Lipinski definition) is 8. The number of nitrogens with zero attached hydrogens (tertiary/aromatic N) is 2. The summed E-state index contributed by atoms with van der Waals surface area (Å²) in [5.41, 5.74) is 1.36. The van der Waals surface area contributed by atoms with Crippen molar-refractivity contribution in [3.63, 3.8) is 0 Å². The van der Waals surface area contributed by atoms with Crippen molar-refractivity contribution >= 4 is 33.3 Å². The van der Waals surface area contributed by atoms with Crippen LogP contribution in [0.5, 0.6) is 17.2 Å². The van der Waals surface area contributed by atoms with Crippen molar-refractivity contribution in [1.82, 2.24) is 0 Å². The lowest BCUT2D eigenvalue weighted by atomic mass is 10.2. The maximum absolute atomic E-state index is 14.0. The first-order chi connectivity index (χ1) is 18.2. The second-order valence-corrected chi connectivity index (χ2v) is 10.3. The molecule has 3 aromatic carbocycles. The summed E-state index contributed by atoms with van der Waals surface area (Å²) in [6.45, 7) is 1.06. The van der Waals surface area contributed by atoms with E-state index in [1.807, 2.05) is 0 Å². The zero-order valence-corrected chi connectivity index (χ0v) is 22.2. The minimum atomic E-state index is -4.29. The molecular weight excluding hydrogens is 512 g/mol. The van der Waals surface area contributed by atoms with Crippen molar-refractivity contribution in [1.29, 1.82) is 0 Å². The number of anilines is 2. The van der Waals surface area contributed by atoms with Gasteiger partial charge in [-0.1, -0.05) is 18.2 Å². The van der Waals surface area contributed by atoms with E-state index in [1.165, 1.54) is 32.3 Å². The minimum Gasteiger partial charge on any atom is -0.497 e. The number of aryl methyl sites for hydroxylation is 1. The molecule has 4 rings (SSSR count). The van der Waals surface area contributed by atoms with Gasteiger partial charge in [-0.05, 0) is 61.0 Å². The highest BCUT2D eigenvalue weighted by Crippen LogP contribution is 2.35. The molecule has 1 amide bonds. The van der Waals surface area contributed by atoms with Gasteiger partial charge in [-0.15, -0.1) is 0 Å². The predicted octanol–water partition coefficient (Wildman–Crippen LogP) is 3.17. The van der Waals surface area contributed by atoms with Crippen molar-refractivity contribution in [2.45, 2.75) is 17.9 Å². The van der Waals surface area contributed by atoms with E-state index in [9.17, 15) is 18.0 Å². The quantitative estimate of drug-likeness (QED) is 0.401. The van der Waals surface area contributed by atoms with Gasteiger partial charge in [0.05, 0.1) is 39.2 Å². The molecule has 1 aliphatic rings. The molecule has 0 saturated carbocycles.